The third-order valence-corrected chi connectivity index (χ3v) is 4.12. The van der Waals surface area contributed by atoms with E-state index >= 15 is 0 Å². The van der Waals surface area contributed by atoms with Gasteiger partial charge in [-0.3, -0.25) is 4.79 Å². The number of methoxy groups -OCH3 is 2. The standard InChI is InChI=1S/C17H15Cl4NO4/c1-24-13-8-3-10(9-14(13)25-2)15(23)22-16(17(19,20)21)26-12-6-4-11(18)5-7-12/h3-9,16H,1-2H3,(H,22,23)/t16-/m0/s1. The van der Waals surface area contributed by atoms with Crippen molar-refractivity contribution < 1.29 is 19.0 Å². The Morgan fingerprint density at radius 1 is 1.00 bits per heavy atom. The van der Waals surface area contributed by atoms with E-state index in [-0.39, 0.29) is 5.56 Å². The van der Waals surface area contributed by atoms with E-state index in [1.54, 1.807) is 36.4 Å². The van der Waals surface area contributed by atoms with Crippen molar-refractivity contribution in [3.8, 4) is 17.2 Å². The van der Waals surface area contributed by atoms with Gasteiger partial charge in [0.2, 0.25) is 10.0 Å². The van der Waals surface area contributed by atoms with Gasteiger partial charge in [0.15, 0.2) is 11.5 Å². The molecule has 0 unspecified atom stereocenters. The molecule has 2 aromatic carbocycles. The van der Waals surface area contributed by atoms with Crippen molar-refractivity contribution in [1.29, 1.82) is 0 Å². The molecule has 0 aliphatic heterocycles. The third kappa shape index (κ3) is 5.48. The van der Waals surface area contributed by atoms with E-state index in [4.69, 9.17) is 60.6 Å². The summed E-state index contributed by atoms with van der Waals surface area (Å²) < 4.78 is 14.0. The van der Waals surface area contributed by atoms with Gasteiger partial charge in [-0.1, -0.05) is 46.4 Å². The first kappa shape index (κ1) is 20.8. The number of rotatable bonds is 6. The molecule has 2 aromatic rings. The van der Waals surface area contributed by atoms with Crippen LogP contribution >= 0.6 is 46.4 Å². The van der Waals surface area contributed by atoms with Gasteiger partial charge in [-0.2, -0.15) is 0 Å². The van der Waals surface area contributed by atoms with Crippen molar-refractivity contribution in [3.05, 3.63) is 53.1 Å². The summed E-state index contributed by atoms with van der Waals surface area (Å²) >= 11 is 23.6. The Morgan fingerprint density at radius 2 is 1.62 bits per heavy atom. The second-order valence-corrected chi connectivity index (χ2v) is 7.84. The van der Waals surface area contributed by atoms with Crippen LogP contribution in [0.4, 0.5) is 0 Å². The van der Waals surface area contributed by atoms with Gasteiger partial charge in [0.05, 0.1) is 14.2 Å². The van der Waals surface area contributed by atoms with Gasteiger partial charge in [-0.05, 0) is 42.5 Å². The molecule has 5 nitrogen and oxygen atoms in total. The van der Waals surface area contributed by atoms with Gasteiger partial charge in [-0.25, -0.2) is 0 Å². The smallest absolute Gasteiger partial charge is 0.254 e. The van der Waals surface area contributed by atoms with Crippen molar-refractivity contribution in [3.63, 3.8) is 0 Å². The summed E-state index contributed by atoms with van der Waals surface area (Å²) in [6, 6.07) is 11.1. The highest BCUT2D eigenvalue weighted by atomic mass is 35.6. The second kappa shape index (κ2) is 8.91. The van der Waals surface area contributed by atoms with E-state index in [2.05, 4.69) is 5.32 Å². The summed E-state index contributed by atoms with van der Waals surface area (Å²) in [6.45, 7) is 0. The van der Waals surface area contributed by atoms with Crippen molar-refractivity contribution >= 4 is 52.3 Å². The fraction of sp³-hybridized carbons (Fsp3) is 0.235. The highest BCUT2D eigenvalue weighted by molar-refractivity contribution is 6.68. The SMILES string of the molecule is COc1ccc(C(=O)N[C@@H](Oc2ccc(Cl)cc2)C(Cl)(Cl)Cl)cc1OC. The van der Waals surface area contributed by atoms with Gasteiger partial charge in [0.25, 0.3) is 5.91 Å². The van der Waals surface area contributed by atoms with Crippen LogP contribution in [0.15, 0.2) is 42.5 Å². The fourth-order valence-corrected chi connectivity index (χ4v) is 2.43. The number of carbonyl (C=O) groups is 1. The molecule has 1 atom stereocenters. The van der Waals surface area contributed by atoms with Crippen molar-refractivity contribution in [2.24, 2.45) is 0 Å². The molecule has 0 saturated carbocycles. The fourth-order valence-electron chi connectivity index (χ4n) is 2.01. The molecule has 2 rings (SSSR count). The Labute approximate surface area is 171 Å². The lowest BCUT2D eigenvalue weighted by Crippen LogP contribution is -2.47. The first-order valence-corrected chi connectivity index (χ1v) is 8.77. The van der Waals surface area contributed by atoms with E-state index in [9.17, 15) is 4.79 Å². The topological polar surface area (TPSA) is 56.8 Å². The quantitative estimate of drug-likeness (QED) is 0.516. The lowest BCUT2D eigenvalue weighted by atomic mass is 10.2. The van der Waals surface area contributed by atoms with Crippen LogP contribution in [0, 0.1) is 0 Å². The predicted octanol–water partition coefficient (Wildman–Crippen LogP) is 4.86. The van der Waals surface area contributed by atoms with E-state index in [1.807, 2.05) is 0 Å². The van der Waals surface area contributed by atoms with Crippen LogP contribution in [0.3, 0.4) is 0 Å². The number of halogens is 4. The molecule has 0 fully saturated rings. The average Bonchev–Trinajstić information content (AvgIpc) is 2.61. The lowest BCUT2D eigenvalue weighted by molar-refractivity contribution is 0.0832. The van der Waals surface area contributed by atoms with Crippen LogP contribution in [-0.2, 0) is 0 Å². The summed E-state index contributed by atoms with van der Waals surface area (Å²) in [6.07, 6.45) is -1.24. The first-order valence-electron chi connectivity index (χ1n) is 7.26. The highest BCUT2D eigenvalue weighted by Gasteiger charge is 2.36. The maximum absolute atomic E-state index is 12.5. The maximum atomic E-state index is 12.5. The number of nitrogens with one attached hydrogen (secondary N) is 1. The minimum atomic E-state index is -1.91. The molecule has 0 radical (unpaired) electrons. The molecule has 0 aromatic heterocycles. The Morgan fingerprint density at radius 3 is 2.15 bits per heavy atom. The number of carbonyl (C=O) groups excluding carboxylic acids is 1. The first-order chi connectivity index (χ1) is 12.2. The summed E-state index contributed by atoms with van der Waals surface area (Å²) in [5.74, 6) is 0.734. The van der Waals surface area contributed by atoms with Crippen LogP contribution in [0.25, 0.3) is 0 Å². The molecule has 0 bridgehead atoms. The molecule has 0 spiro atoms. The van der Waals surface area contributed by atoms with Crippen LogP contribution in [0.5, 0.6) is 17.2 Å². The molecule has 0 heterocycles. The molecule has 0 aliphatic rings. The second-order valence-electron chi connectivity index (χ2n) is 5.04. The largest absolute Gasteiger partial charge is 0.493 e. The maximum Gasteiger partial charge on any atom is 0.254 e. The van der Waals surface area contributed by atoms with E-state index < -0.39 is 15.9 Å². The van der Waals surface area contributed by atoms with Gasteiger partial charge in [-0.15, -0.1) is 0 Å². The number of ether oxygens (including phenoxy) is 3. The summed E-state index contributed by atoms with van der Waals surface area (Å²) in [5.41, 5.74) is 0.279. The molecule has 140 valence electrons. The minimum Gasteiger partial charge on any atom is -0.493 e. The highest BCUT2D eigenvalue weighted by Crippen LogP contribution is 2.33. The summed E-state index contributed by atoms with van der Waals surface area (Å²) in [5, 5.41) is 3.06. The molecule has 1 N–H and O–H groups in total. The van der Waals surface area contributed by atoms with Gasteiger partial charge < -0.3 is 19.5 Å². The Balaban J connectivity index is 2.20. The number of hydrogen-bond acceptors (Lipinski definition) is 4. The Bertz CT molecular complexity index is 762. The van der Waals surface area contributed by atoms with E-state index in [1.165, 1.54) is 20.3 Å². The summed E-state index contributed by atoms with van der Waals surface area (Å²) in [7, 11) is 2.96. The molecular weight excluding hydrogens is 424 g/mol. The number of amides is 1. The van der Waals surface area contributed by atoms with Crippen LogP contribution in [-0.4, -0.2) is 30.1 Å². The van der Waals surface area contributed by atoms with Gasteiger partial charge >= 0.3 is 0 Å². The van der Waals surface area contributed by atoms with Crippen LogP contribution < -0.4 is 19.5 Å². The monoisotopic (exact) mass is 437 g/mol. The number of hydrogen-bond donors (Lipinski definition) is 1. The Kier molecular flexibility index (Phi) is 7.12. The molecule has 26 heavy (non-hydrogen) atoms. The molecular formula is C17H15Cl4NO4. The van der Waals surface area contributed by atoms with Crippen molar-refractivity contribution in [2.75, 3.05) is 14.2 Å². The third-order valence-electron chi connectivity index (χ3n) is 3.27. The predicted molar refractivity (Wildman–Crippen MR) is 103 cm³/mol. The van der Waals surface area contributed by atoms with Crippen LogP contribution in [0.1, 0.15) is 10.4 Å². The van der Waals surface area contributed by atoms with Crippen molar-refractivity contribution in [1.82, 2.24) is 5.32 Å². The number of benzene rings is 2. The van der Waals surface area contributed by atoms with Gasteiger partial charge in [0, 0.05) is 10.6 Å². The summed E-state index contributed by atoms with van der Waals surface area (Å²) in [4.78, 5) is 12.5. The zero-order chi connectivity index (χ0) is 19.3. The average molecular weight is 439 g/mol. The molecule has 9 heteroatoms. The number of alkyl halides is 3. The normalized spacial score (nSPS) is 12.2. The zero-order valence-electron chi connectivity index (χ0n) is 13.8. The Hall–Kier alpha value is -1.53. The molecule has 1 amide bonds. The zero-order valence-corrected chi connectivity index (χ0v) is 16.8. The van der Waals surface area contributed by atoms with Gasteiger partial charge in [0.1, 0.15) is 5.75 Å². The molecule has 0 aliphatic carbocycles. The van der Waals surface area contributed by atoms with Crippen molar-refractivity contribution in [2.45, 2.75) is 10.0 Å². The van der Waals surface area contributed by atoms with E-state index in [0.717, 1.165) is 0 Å². The van der Waals surface area contributed by atoms with Crippen LogP contribution in [0.2, 0.25) is 5.02 Å². The minimum absolute atomic E-state index is 0.279. The van der Waals surface area contributed by atoms with E-state index in [0.29, 0.717) is 22.3 Å². The lowest BCUT2D eigenvalue weighted by Gasteiger charge is -2.26. The molecule has 0 saturated heterocycles.